The normalized spacial score (nSPS) is 19.3. The van der Waals surface area contributed by atoms with Gasteiger partial charge in [-0.2, -0.15) is 0 Å². The Hall–Kier alpha value is -1.31. The Morgan fingerprint density at radius 2 is 2.33 bits per heavy atom. The largest absolute Gasteiger partial charge is 0.493 e. The summed E-state index contributed by atoms with van der Waals surface area (Å²) < 4.78 is 17.1. The fourth-order valence-corrected chi connectivity index (χ4v) is 2.68. The summed E-state index contributed by atoms with van der Waals surface area (Å²) >= 11 is 3.32. The molecule has 0 radical (unpaired) electrons. The van der Waals surface area contributed by atoms with Gasteiger partial charge in [0.1, 0.15) is 12.7 Å². The van der Waals surface area contributed by atoms with Crippen LogP contribution in [0.1, 0.15) is 10.4 Å². The Kier molecular flexibility index (Phi) is 5.44. The SMILES string of the molecule is COc1cc(C(=O)O)cc(Br)c1OCC1CN(C)CCO1. The molecule has 0 spiro atoms. The zero-order valence-electron chi connectivity index (χ0n) is 12.0. The maximum atomic E-state index is 11.0. The predicted molar refractivity (Wildman–Crippen MR) is 80.4 cm³/mol. The maximum absolute atomic E-state index is 11.0. The molecule has 1 aromatic rings. The van der Waals surface area contributed by atoms with Gasteiger partial charge in [-0.1, -0.05) is 0 Å². The first-order valence-electron chi connectivity index (χ1n) is 6.55. The molecule has 1 fully saturated rings. The standard InChI is InChI=1S/C14H18BrNO5/c1-16-3-4-20-10(7-16)8-21-13-11(15)5-9(14(17)18)6-12(13)19-2/h5-6,10H,3-4,7-8H2,1-2H3,(H,17,18). The molecule has 1 unspecified atom stereocenters. The van der Waals surface area contributed by atoms with Crippen LogP contribution in [-0.2, 0) is 4.74 Å². The zero-order chi connectivity index (χ0) is 15.4. The molecule has 1 aromatic carbocycles. The fraction of sp³-hybridized carbons (Fsp3) is 0.500. The number of ether oxygens (including phenoxy) is 3. The molecule has 0 amide bonds. The Balaban J connectivity index is 2.10. The number of aromatic carboxylic acids is 1. The minimum absolute atomic E-state index is 0.0143. The van der Waals surface area contributed by atoms with E-state index in [0.717, 1.165) is 13.1 Å². The number of hydrogen-bond donors (Lipinski definition) is 1. The molecule has 2 rings (SSSR count). The van der Waals surface area contributed by atoms with Gasteiger partial charge in [0.2, 0.25) is 0 Å². The predicted octanol–water partition coefficient (Wildman–Crippen LogP) is 1.87. The van der Waals surface area contributed by atoms with Gasteiger partial charge < -0.3 is 24.2 Å². The Morgan fingerprint density at radius 1 is 1.57 bits per heavy atom. The van der Waals surface area contributed by atoms with E-state index in [2.05, 4.69) is 20.8 Å². The van der Waals surface area contributed by atoms with Crippen LogP contribution in [0.15, 0.2) is 16.6 Å². The summed E-state index contributed by atoms with van der Waals surface area (Å²) in [5.41, 5.74) is 0.139. The number of carboxylic acid groups (broad SMARTS) is 1. The summed E-state index contributed by atoms with van der Waals surface area (Å²) in [7, 11) is 3.51. The van der Waals surface area contributed by atoms with Crippen LogP contribution in [0, 0.1) is 0 Å². The van der Waals surface area contributed by atoms with E-state index in [1.165, 1.54) is 19.2 Å². The Labute approximate surface area is 131 Å². The van der Waals surface area contributed by atoms with Gasteiger partial charge in [-0.05, 0) is 35.1 Å². The number of morpholine rings is 1. The number of halogens is 1. The third kappa shape index (κ3) is 4.09. The molecule has 7 heteroatoms. The van der Waals surface area contributed by atoms with Gasteiger partial charge in [-0.25, -0.2) is 4.79 Å². The van der Waals surface area contributed by atoms with Crippen molar-refractivity contribution >= 4 is 21.9 Å². The zero-order valence-corrected chi connectivity index (χ0v) is 13.6. The van der Waals surface area contributed by atoms with Crippen LogP contribution in [0.25, 0.3) is 0 Å². The molecular formula is C14H18BrNO5. The van der Waals surface area contributed by atoms with E-state index in [-0.39, 0.29) is 11.7 Å². The fourth-order valence-electron chi connectivity index (χ4n) is 2.13. The number of nitrogens with zero attached hydrogens (tertiary/aromatic N) is 1. The second-order valence-corrected chi connectivity index (χ2v) is 5.71. The second-order valence-electron chi connectivity index (χ2n) is 4.86. The first-order valence-corrected chi connectivity index (χ1v) is 7.34. The van der Waals surface area contributed by atoms with Crippen LogP contribution < -0.4 is 9.47 Å². The number of carbonyl (C=O) groups is 1. The number of benzene rings is 1. The molecule has 1 heterocycles. The lowest BCUT2D eigenvalue weighted by Crippen LogP contribution is -2.42. The summed E-state index contributed by atoms with van der Waals surface area (Å²) in [6, 6.07) is 2.93. The summed E-state index contributed by atoms with van der Waals surface area (Å²) in [5, 5.41) is 9.04. The van der Waals surface area contributed by atoms with E-state index in [9.17, 15) is 4.79 Å². The monoisotopic (exact) mass is 359 g/mol. The first-order chi connectivity index (χ1) is 10.0. The Morgan fingerprint density at radius 3 is 2.95 bits per heavy atom. The average Bonchev–Trinajstić information content (AvgIpc) is 2.45. The van der Waals surface area contributed by atoms with Crippen LogP contribution in [-0.4, -0.2) is 62.5 Å². The Bertz CT molecular complexity index is 522. The first kappa shape index (κ1) is 16.1. The lowest BCUT2D eigenvalue weighted by molar-refractivity contribution is -0.0407. The lowest BCUT2D eigenvalue weighted by Gasteiger charge is -2.30. The number of rotatable bonds is 5. The van der Waals surface area contributed by atoms with Crippen LogP contribution >= 0.6 is 15.9 Å². The van der Waals surface area contributed by atoms with E-state index >= 15 is 0 Å². The van der Waals surface area contributed by atoms with E-state index < -0.39 is 5.97 Å². The lowest BCUT2D eigenvalue weighted by atomic mass is 10.2. The van der Waals surface area contributed by atoms with Crippen molar-refractivity contribution in [1.82, 2.24) is 4.90 Å². The van der Waals surface area contributed by atoms with E-state index in [4.69, 9.17) is 19.3 Å². The molecule has 0 aromatic heterocycles. The maximum Gasteiger partial charge on any atom is 0.335 e. The van der Waals surface area contributed by atoms with Crippen LogP contribution in [0.3, 0.4) is 0 Å². The highest BCUT2D eigenvalue weighted by atomic mass is 79.9. The molecular weight excluding hydrogens is 342 g/mol. The van der Waals surface area contributed by atoms with E-state index in [1.54, 1.807) is 0 Å². The van der Waals surface area contributed by atoms with Gasteiger partial charge in [0, 0.05) is 13.1 Å². The third-order valence-electron chi connectivity index (χ3n) is 3.23. The molecule has 116 valence electrons. The summed E-state index contributed by atoms with van der Waals surface area (Å²) in [5.74, 6) is -0.150. The topological polar surface area (TPSA) is 68.2 Å². The minimum Gasteiger partial charge on any atom is -0.493 e. The van der Waals surface area contributed by atoms with E-state index in [0.29, 0.717) is 29.2 Å². The summed E-state index contributed by atoms with van der Waals surface area (Å²) in [4.78, 5) is 13.2. The molecule has 0 aliphatic carbocycles. The number of carboxylic acids is 1. The second kappa shape index (κ2) is 7.11. The number of hydrogen-bond acceptors (Lipinski definition) is 5. The molecule has 1 saturated heterocycles. The van der Waals surface area contributed by atoms with Crippen molar-refractivity contribution < 1.29 is 24.1 Å². The smallest absolute Gasteiger partial charge is 0.335 e. The van der Waals surface area contributed by atoms with Crippen LogP contribution in [0.4, 0.5) is 0 Å². The van der Waals surface area contributed by atoms with E-state index in [1.807, 2.05) is 7.05 Å². The van der Waals surface area contributed by atoms with Gasteiger partial charge >= 0.3 is 5.97 Å². The highest BCUT2D eigenvalue weighted by Gasteiger charge is 2.21. The van der Waals surface area contributed by atoms with Crippen molar-refractivity contribution in [2.75, 3.05) is 40.5 Å². The highest BCUT2D eigenvalue weighted by Crippen LogP contribution is 2.36. The van der Waals surface area contributed by atoms with Gasteiger partial charge in [0.15, 0.2) is 11.5 Å². The van der Waals surface area contributed by atoms with Crippen molar-refractivity contribution in [3.63, 3.8) is 0 Å². The summed E-state index contributed by atoms with van der Waals surface area (Å²) in [6.45, 7) is 2.77. The molecule has 0 bridgehead atoms. The van der Waals surface area contributed by atoms with Gasteiger partial charge in [-0.15, -0.1) is 0 Å². The molecule has 1 aliphatic rings. The molecule has 1 aliphatic heterocycles. The van der Waals surface area contributed by atoms with Crippen LogP contribution in [0.5, 0.6) is 11.5 Å². The van der Waals surface area contributed by atoms with Gasteiger partial charge in [0.05, 0.1) is 23.8 Å². The molecule has 1 N–H and O–H groups in total. The average molecular weight is 360 g/mol. The molecule has 21 heavy (non-hydrogen) atoms. The number of methoxy groups -OCH3 is 1. The molecule has 6 nitrogen and oxygen atoms in total. The molecule has 1 atom stereocenters. The van der Waals surface area contributed by atoms with Crippen LogP contribution in [0.2, 0.25) is 0 Å². The molecule has 0 saturated carbocycles. The highest BCUT2D eigenvalue weighted by molar-refractivity contribution is 9.10. The van der Waals surface area contributed by atoms with Crippen molar-refractivity contribution in [2.24, 2.45) is 0 Å². The minimum atomic E-state index is -1.02. The van der Waals surface area contributed by atoms with Crippen molar-refractivity contribution in [3.8, 4) is 11.5 Å². The van der Waals surface area contributed by atoms with Crippen molar-refractivity contribution in [2.45, 2.75) is 6.10 Å². The van der Waals surface area contributed by atoms with Crippen molar-refractivity contribution in [3.05, 3.63) is 22.2 Å². The quantitative estimate of drug-likeness (QED) is 0.865. The van der Waals surface area contributed by atoms with Gasteiger partial charge in [-0.3, -0.25) is 0 Å². The van der Waals surface area contributed by atoms with Gasteiger partial charge in [0.25, 0.3) is 0 Å². The summed E-state index contributed by atoms with van der Waals surface area (Å²) in [6.07, 6.45) is -0.0143. The number of likely N-dealkylation sites (N-methyl/N-ethyl adjacent to an activating group) is 1. The van der Waals surface area contributed by atoms with Crippen molar-refractivity contribution in [1.29, 1.82) is 0 Å². The third-order valence-corrected chi connectivity index (χ3v) is 3.82.